The van der Waals surface area contributed by atoms with Crippen LogP contribution in [0.2, 0.25) is 0 Å². The molecule has 128 valence electrons. The first kappa shape index (κ1) is 24.9. The maximum atomic E-state index is 11.0. The van der Waals surface area contributed by atoms with Gasteiger partial charge in [0.05, 0.1) is 12.6 Å². The van der Waals surface area contributed by atoms with Gasteiger partial charge in [-0.3, -0.25) is 0 Å². The van der Waals surface area contributed by atoms with E-state index < -0.39 is 11.9 Å². The van der Waals surface area contributed by atoms with Crippen LogP contribution in [0.1, 0.15) is 84.0 Å². The molecule has 0 aromatic carbocycles. The quantitative estimate of drug-likeness (QED) is 0.190. The van der Waals surface area contributed by atoms with Crippen molar-refractivity contribution in [2.24, 2.45) is 0 Å². The van der Waals surface area contributed by atoms with E-state index in [2.05, 4.69) is 6.92 Å². The molecule has 0 aromatic heterocycles. The molecular weight excluding hydrogens is 303 g/mol. The van der Waals surface area contributed by atoms with Crippen molar-refractivity contribution in [1.82, 2.24) is 0 Å². The predicted molar refractivity (Wildman–Crippen MR) is 86.2 cm³/mol. The summed E-state index contributed by atoms with van der Waals surface area (Å²) in [4.78, 5) is 21.1. The topological polar surface area (TPSA) is 66.4 Å². The molecule has 0 rings (SSSR count). The largest absolute Gasteiger partial charge is 1.00 e. The van der Waals surface area contributed by atoms with E-state index in [0.717, 1.165) is 18.9 Å². The number of ether oxygens (including phenoxy) is 1. The van der Waals surface area contributed by atoms with Crippen LogP contribution in [-0.4, -0.2) is 18.5 Å². The molecule has 0 unspecified atom stereocenters. The zero-order valence-electron chi connectivity index (χ0n) is 15.0. The first-order valence-corrected chi connectivity index (χ1v) is 8.72. The summed E-state index contributed by atoms with van der Waals surface area (Å²) in [5.41, 5.74) is 0. The van der Waals surface area contributed by atoms with E-state index in [9.17, 15) is 14.7 Å². The fourth-order valence-electron chi connectivity index (χ4n) is 2.30. The minimum atomic E-state index is -1.39. The van der Waals surface area contributed by atoms with Crippen molar-refractivity contribution in [2.45, 2.75) is 84.0 Å². The van der Waals surface area contributed by atoms with Gasteiger partial charge in [-0.1, -0.05) is 77.6 Å². The average molecular weight is 334 g/mol. The van der Waals surface area contributed by atoms with Crippen molar-refractivity contribution in [1.29, 1.82) is 0 Å². The van der Waals surface area contributed by atoms with Gasteiger partial charge in [0, 0.05) is 6.08 Å². The van der Waals surface area contributed by atoms with E-state index in [-0.39, 0.29) is 29.6 Å². The first-order chi connectivity index (χ1) is 10.7. The van der Waals surface area contributed by atoms with Crippen LogP contribution in [0.4, 0.5) is 0 Å². The molecule has 0 bridgehead atoms. The standard InChI is InChI=1S/C18H32O4.Na/c1-2-3-4-5-6-7-8-9-10-11-12-13-16-22-18(21)15-14-17(19)20;/h14-15H,2-13,16H2,1H3,(H,19,20);/q;+1/p-1/b15-14-;. The number of hydrogen-bond acceptors (Lipinski definition) is 4. The Morgan fingerprint density at radius 2 is 1.22 bits per heavy atom. The molecule has 0 fully saturated rings. The van der Waals surface area contributed by atoms with E-state index in [0.29, 0.717) is 12.7 Å². The number of rotatable bonds is 15. The fourth-order valence-corrected chi connectivity index (χ4v) is 2.30. The van der Waals surface area contributed by atoms with Gasteiger partial charge in [-0.25, -0.2) is 4.79 Å². The predicted octanol–water partition coefficient (Wildman–Crippen LogP) is 0.541. The van der Waals surface area contributed by atoms with Gasteiger partial charge in [0.1, 0.15) is 0 Å². The van der Waals surface area contributed by atoms with Crippen molar-refractivity contribution in [3.63, 3.8) is 0 Å². The van der Waals surface area contributed by atoms with Crippen LogP contribution in [0.25, 0.3) is 0 Å². The number of aliphatic carboxylic acids is 1. The van der Waals surface area contributed by atoms with Crippen LogP contribution in [0.15, 0.2) is 12.2 Å². The van der Waals surface area contributed by atoms with Gasteiger partial charge >= 0.3 is 35.5 Å². The van der Waals surface area contributed by atoms with Crippen LogP contribution in [0.3, 0.4) is 0 Å². The third kappa shape index (κ3) is 21.7. The van der Waals surface area contributed by atoms with Crippen molar-refractivity contribution in [3.8, 4) is 0 Å². The Labute approximate surface area is 163 Å². The normalized spacial score (nSPS) is 10.5. The summed E-state index contributed by atoms with van der Waals surface area (Å²) in [7, 11) is 0. The fraction of sp³-hybridized carbons (Fsp3) is 0.778. The molecule has 0 radical (unpaired) electrons. The van der Waals surface area contributed by atoms with E-state index in [1.54, 1.807) is 0 Å². The smallest absolute Gasteiger partial charge is 0.545 e. The summed E-state index contributed by atoms with van der Waals surface area (Å²) in [5, 5.41) is 10.1. The summed E-state index contributed by atoms with van der Waals surface area (Å²) >= 11 is 0. The van der Waals surface area contributed by atoms with Crippen LogP contribution in [0.5, 0.6) is 0 Å². The Kier molecular flexibility index (Phi) is 21.4. The second-order valence-electron chi connectivity index (χ2n) is 5.71. The zero-order chi connectivity index (χ0) is 16.5. The third-order valence-corrected chi connectivity index (χ3v) is 3.60. The Hall–Kier alpha value is -0.320. The van der Waals surface area contributed by atoms with Gasteiger partial charge in [-0.05, 0) is 12.5 Å². The molecule has 0 amide bonds. The van der Waals surface area contributed by atoms with Gasteiger partial charge in [-0.15, -0.1) is 0 Å². The molecule has 23 heavy (non-hydrogen) atoms. The molecule has 0 saturated heterocycles. The average Bonchev–Trinajstić information content (AvgIpc) is 2.49. The Balaban J connectivity index is 0. The Morgan fingerprint density at radius 1 is 0.783 bits per heavy atom. The monoisotopic (exact) mass is 334 g/mol. The summed E-state index contributed by atoms with van der Waals surface area (Å²) in [5.74, 6) is -2.01. The maximum absolute atomic E-state index is 11.0. The Morgan fingerprint density at radius 3 is 1.65 bits per heavy atom. The van der Waals surface area contributed by atoms with Gasteiger partial charge in [0.2, 0.25) is 0 Å². The molecule has 0 spiro atoms. The van der Waals surface area contributed by atoms with Crippen molar-refractivity contribution in [2.75, 3.05) is 6.61 Å². The summed E-state index contributed by atoms with van der Waals surface area (Å²) in [6.07, 6.45) is 16.7. The summed E-state index contributed by atoms with van der Waals surface area (Å²) < 4.78 is 4.87. The van der Waals surface area contributed by atoms with Crippen LogP contribution in [0, 0.1) is 0 Å². The molecule has 0 saturated carbocycles. The molecular formula is C18H31NaO4. The molecule has 0 atom stereocenters. The molecule has 0 heterocycles. The Bertz CT molecular complexity index is 316. The number of carboxylic acid groups (broad SMARTS) is 1. The van der Waals surface area contributed by atoms with Gasteiger partial charge < -0.3 is 14.6 Å². The molecule has 0 aliphatic carbocycles. The molecule has 0 aromatic rings. The van der Waals surface area contributed by atoms with E-state index in [1.807, 2.05) is 0 Å². The van der Waals surface area contributed by atoms with E-state index >= 15 is 0 Å². The number of carboxylic acids is 1. The second-order valence-corrected chi connectivity index (χ2v) is 5.71. The molecule has 5 heteroatoms. The van der Waals surface area contributed by atoms with Gasteiger partial charge in [-0.2, -0.15) is 0 Å². The summed E-state index contributed by atoms with van der Waals surface area (Å²) in [6.45, 7) is 2.60. The van der Waals surface area contributed by atoms with Crippen molar-refractivity contribution >= 4 is 11.9 Å². The number of carbonyl (C=O) groups excluding carboxylic acids is 2. The number of esters is 1. The van der Waals surface area contributed by atoms with Crippen molar-refractivity contribution in [3.05, 3.63) is 12.2 Å². The van der Waals surface area contributed by atoms with Gasteiger partial charge in [0.15, 0.2) is 0 Å². The van der Waals surface area contributed by atoms with Gasteiger partial charge in [0.25, 0.3) is 0 Å². The van der Waals surface area contributed by atoms with Crippen LogP contribution >= 0.6 is 0 Å². The zero-order valence-corrected chi connectivity index (χ0v) is 17.0. The molecule has 0 aliphatic heterocycles. The van der Waals surface area contributed by atoms with Crippen molar-refractivity contribution < 1.29 is 49.0 Å². The number of unbranched alkanes of at least 4 members (excludes halogenated alkanes) is 11. The second kappa shape index (κ2) is 19.7. The first-order valence-electron chi connectivity index (χ1n) is 8.72. The maximum Gasteiger partial charge on any atom is 1.00 e. The van der Waals surface area contributed by atoms with Crippen LogP contribution in [-0.2, 0) is 14.3 Å². The minimum Gasteiger partial charge on any atom is -0.545 e. The summed E-state index contributed by atoms with van der Waals surface area (Å²) in [6, 6.07) is 0. The van der Waals surface area contributed by atoms with E-state index in [4.69, 9.17) is 4.74 Å². The third-order valence-electron chi connectivity index (χ3n) is 3.60. The van der Waals surface area contributed by atoms with Crippen LogP contribution < -0.4 is 34.7 Å². The minimum absolute atomic E-state index is 0. The molecule has 0 N–H and O–H groups in total. The molecule has 4 nitrogen and oxygen atoms in total. The number of hydrogen-bond donors (Lipinski definition) is 0. The molecule has 0 aliphatic rings. The SMILES string of the molecule is CCCCCCCCCCCCCCOC(=O)/C=C\C(=O)[O-].[Na+]. The number of carbonyl (C=O) groups is 2. The van der Waals surface area contributed by atoms with E-state index in [1.165, 1.54) is 64.2 Å².